The van der Waals surface area contributed by atoms with Gasteiger partial charge in [-0.1, -0.05) is 0 Å². The highest BCUT2D eigenvalue weighted by molar-refractivity contribution is 7.91. The van der Waals surface area contributed by atoms with E-state index in [1.807, 2.05) is 0 Å². The molecule has 5 nitrogen and oxygen atoms in total. The number of ether oxygens (including phenoxy) is 1. The molecule has 0 aliphatic heterocycles. The standard InChI is InChI=1S/C14H9F3O5S/c1-22-7-2-4-8(5-3-7)23(20,21)10-6-9(14(18)19)11(15)13(17)12(10)16/h2-6H,1H3,(H,18,19). The molecule has 0 spiro atoms. The summed E-state index contributed by atoms with van der Waals surface area (Å²) in [6.07, 6.45) is 0. The van der Waals surface area contributed by atoms with E-state index in [0.717, 1.165) is 12.1 Å². The Morgan fingerprint density at radius 3 is 2.09 bits per heavy atom. The second-order valence-corrected chi connectivity index (χ2v) is 6.27. The van der Waals surface area contributed by atoms with Crippen LogP contribution in [0.25, 0.3) is 0 Å². The molecule has 0 fully saturated rings. The largest absolute Gasteiger partial charge is 0.497 e. The van der Waals surface area contributed by atoms with Gasteiger partial charge < -0.3 is 9.84 Å². The van der Waals surface area contributed by atoms with Crippen LogP contribution in [-0.2, 0) is 9.84 Å². The van der Waals surface area contributed by atoms with E-state index in [-0.39, 0.29) is 6.07 Å². The Morgan fingerprint density at radius 2 is 1.61 bits per heavy atom. The maximum Gasteiger partial charge on any atom is 0.338 e. The molecule has 0 radical (unpaired) electrons. The number of hydrogen-bond acceptors (Lipinski definition) is 4. The minimum Gasteiger partial charge on any atom is -0.497 e. The van der Waals surface area contributed by atoms with Crippen molar-refractivity contribution in [2.75, 3.05) is 7.11 Å². The Morgan fingerprint density at radius 1 is 1.04 bits per heavy atom. The van der Waals surface area contributed by atoms with Crippen LogP contribution in [0.3, 0.4) is 0 Å². The molecule has 2 aromatic rings. The Labute approximate surface area is 128 Å². The van der Waals surface area contributed by atoms with Crippen molar-refractivity contribution in [1.82, 2.24) is 0 Å². The summed E-state index contributed by atoms with van der Waals surface area (Å²) in [6.45, 7) is 0. The summed E-state index contributed by atoms with van der Waals surface area (Å²) in [5.74, 6) is -7.72. The Hall–Kier alpha value is -2.55. The fourth-order valence-electron chi connectivity index (χ4n) is 1.81. The van der Waals surface area contributed by atoms with E-state index in [1.165, 1.54) is 19.2 Å². The zero-order valence-corrected chi connectivity index (χ0v) is 12.3. The molecule has 0 saturated carbocycles. The van der Waals surface area contributed by atoms with Crippen molar-refractivity contribution >= 4 is 15.8 Å². The van der Waals surface area contributed by atoms with Gasteiger partial charge >= 0.3 is 5.97 Å². The monoisotopic (exact) mass is 346 g/mol. The number of halogens is 3. The molecule has 1 N–H and O–H groups in total. The molecule has 2 rings (SSSR count). The third-order valence-corrected chi connectivity index (χ3v) is 4.77. The third-order valence-electron chi connectivity index (χ3n) is 3.00. The van der Waals surface area contributed by atoms with Crippen LogP contribution < -0.4 is 4.74 Å². The molecule has 122 valence electrons. The second kappa shape index (κ2) is 5.92. The van der Waals surface area contributed by atoms with Crippen molar-refractivity contribution in [2.24, 2.45) is 0 Å². The minimum absolute atomic E-state index is 0.246. The number of benzene rings is 2. The molecule has 0 saturated heterocycles. The van der Waals surface area contributed by atoms with Crippen LogP contribution in [0.15, 0.2) is 40.1 Å². The van der Waals surface area contributed by atoms with Gasteiger partial charge in [0.2, 0.25) is 9.84 Å². The number of carboxylic acids is 1. The smallest absolute Gasteiger partial charge is 0.338 e. The van der Waals surface area contributed by atoms with E-state index in [4.69, 9.17) is 9.84 Å². The van der Waals surface area contributed by atoms with Crippen LogP contribution in [0.4, 0.5) is 13.2 Å². The molecule has 0 aliphatic carbocycles. The summed E-state index contributed by atoms with van der Waals surface area (Å²) < 4.78 is 70.2. The van der Waals surface area contributed by atoms with E-state index in [9.17, 15) is 26.4 Å². The quantitative estimate of drug-likeness (QED) is 0.680. The van der Waals surface area contributed by atoms with Crippen LogP contribution in [0, 0.1) is 17.5 Å². The molecule has 0 atom stereocenters. The fourth-order valence-corrected chi connectivity index (χ4v) is 3.16. The zero-order chi connectivity index (χ0) is 17.4. The minimum atomic E-state index is -4.59. The van der Waals surface area contributed by atoms with E-state index in [1.54, 1.807) is 0 Å². The van der Waals surface area contributed by atoms with Gasteiger partial charge in [-0.25, -0.2) is 26.4 Å². The van der Waals surface area contributed by atoms with Crippen molar-refractivity contribution < 1.29 is 36.2 Å². The summed E-state index contributed by atoms with van der Waals surface area (Å²) in [7, 11) is -3.25. The van der Waals surface area contributed by atoms with Crippen molar-refractivity contribution in [3.63, 3.8) is 0 Å². The maximum atomic E-state index is 13.8. The van der Waals surface area contributed by atoms with E-state index >= 15 is 0 Å². The molecule has 9 heteroatoms. The number of hydrogen-bond donors (Lipinski definition) is 1. The van der Waals surface area contributed by atoms with Crippen LogP contribution in [0.2, 0.25) is 0 Å². The number of rotatable bonds is 4. The molecule has 0 bridgehead atoms. The molecule has 0 amide bonds. The van der Waals surface area contributed by atoms with Crippen LogP contribution in [0.5, 0.6) is 5.75 Å². The average Bonchev–Trinajstić information content (AvgIpc) is 2.52. The van der Waals surface area contributed by atoms with Gasteiger partial charge in [0.15, 0.2) is 17.5 Å². The summed E-state index contributed by atoms with van der Waals surface area (Å²) in [6, 6.07) is 4.91. The molecule has 23 heavy (non-hydrogen) atoms. The lowest BCUT2D eigenvalue weighted by molar-refractivity contribution is 0.0690. The number of carboxylic acid groups (broad SMARTS) is 1. The molecular weight excluding hydrogens is 337 g/mol. The van der Waals surface area contributed by atoms with Gasteiger partial charge in [-0.05, 0) is 30.3 Å². The molecular formula is C14H9F3O5S. The molecule has 0 unspecified atom stereocenters. The molecule has 0 heterocycles. The first kappa shape index (κ1) is 16.8. The summed E-state index contributed by atoms with van der Waals surface area (Å²) in [5.41, 5.74) is -1.28. The Kier molecular flexibility index (Phi) is 4.33. The fraction of sp³-hybridized carbons (Fsp3) is 0.0714. The predicted molar refractivity (Wildman–Crippen MR) is 71.7 cm³/mol. The number of aromatic carboxylic acids is 1. The number of methoxy groups -OCH3 is 1. The molecule has 2 aromatic carbocycles. The van der Waals surface area contributed by atoms with Gasteiger partial charge in [0.25, 0.3) is 0 Å². The normalized spacial score (nSPS) is 11.3. The van der Waals surface area contributed by atoms with Crippen molar-refractivity contribution in [1.29, 1.82) is 0 Å². The first-order valence-corrected chi connectivity index (χ1v) is 7.48. The van der Waals surface area contributed by atoms with Crippen molar-refractivity contribution in [3.8, 4) is 5.75 Å². The highest BCUT2D eigenvalue weighted by atomic mass is 32.2. The highest BCUT2D eigenvalue weighted by Crippen LogP contribution is 2.29. The first-order chi connectivity index (χ1) is 10.7. The topological polar surface area (TPSA) is 80.7 Å². The van der Waals surface area contributed by atoms with Crippen LogP contribution in [-0.4, -0.2) is 26.6 Å². The Bertz CT molecular complexity index is 876. The van der Waals surface area contributed by atoms with Gasteiger partial charge in [0.1, 0.15) is 10.6 Å². The zero-order valence-electron chi connectivity index (χ0n) is 11.5. The predicted octanol–water partition coefficient (Wildman–Crippen LogP) is 2.64. The maximum absolute atomic E-state index is 13.8. The van der Waals surface area contributed by atoms with Gasteiger partial charge in [-0.2, -0.15) is 0 Å². The number of carbonyl (C=O) groups is 1. The summed E-state index contributed by atoms with van der Waals surface area (Å²) in [5, 5.41) is 8.77. The van der Waals surface area contributed by atoms with E-state index < -0.39 is 48.6 Å². The lowest BCUT2D eigenvalue weighted by atomic mass is 10.2. The Balaban J connectivity index is 2.70. The SMILES string of the molecule is COc1ccc(S(=O)(=O)c2cc(C(=O)O)c(F)c(F)c2F)cc1. The second-order valence-electron chi connectivity index (χ2n) is 4.35. The van der Waals surface area contributed by atoms with Crippen molar-refractivity contribution in [3.05, 3.63) is 53.3 Å². The lowest BCUT2D eigenvalue weighted by Crippen LogP contribution is -2.12. The third kappa shape index (κ3) is 2.87. The number of sulfone groups is 1. The van der Waals surface area contributed by atoms with E-state index in [0.29, 0.717) is 5.75 Å². The molecule has 0 aliphatic rings. The van der Waals surface area contributed by atoms with Crippen LogP contribution >= 0.6 is 0 Å². The first-order valence-electron chi connectivity index (χ1n) is 6.00. The lowest BCUT2D eigenvalue weighted by Gasteiger charge is -2.09. The van der Waals surface area contributed by atoms with Gasteiger partial charge in [-0.15, -0.1) is 0 Å². The van der Waals surface area contributed by atoms with Crippen molar-refractivity contribution in [2.45, 2.75) is 9.79 Å². The highest BCUT2D eigenvalue weighted by Gasteiger charge is 2.30. The van der Waals surface area contributed by atoms with Gasteiger partial charge in [-0.3, -0.25) is 0 Å². The summed E-state index contributed by atoms with van der Waals surface area (Å²) >= 11 is 0. The molecule has 0 aromatic heterocycles. The van der Waals surface area contributed by atoms with E-state index in [2.05, 4.69) is 0 Å². The average molecular weight is 346 g/mol. The summed E-state index contributed by atoms with van der Waals surface area (Å²) in [4.78, 5) is 9.15. The van der Waals surface area contributed by atoms with Crippen LogP contribution in [0.1, 0.15) is 10.4 Å². The van der Waals surface area contributed by atoms with Gasteiger partial charge in [0.05, 0.1) is 17.6 Å². The van der Waals surface area contributed by atoms with Gasteiger partial charge in [0, 0.05) is 0 Å².